The summed E-state index contributed by atoms with van der Waals surface area (Å²) in [5.41, 5.74) is 1.04. The molecule has 1 aromatic rings. The van der Waals surface area contributed by atoms with E-state index in [1.54, 1.807) is 24.3 Å². The second kappa shape index (κ2) is 7.81. The first kappa shape index (κ1) is 17.6. The van der Waals surface area contributed by atoms with Crippen LogP contribution in [0.2, 0.25) is 0 Å². The van der Waals surface area contributed by atoms with Gasteiger partial charge in [0.05, 0.1) is 5.69 Å². The smallest absolute Gasteiger partial charge is 0.253 e. The Labute approximate surface area is 149 Å². The van der Waals surface area contributed by atoms with Crippen molar-refractivity contribution in [2.45, 2.75) is 63.8 Å². The summed E-state index contributed by atoms with van der Waals surface area (Å²) >= 11 is 0. The fourth-order valence-electron chi connectivity index (χ4n) is 3.83. The largest absolute Gasteiger partial charge is 0.339 e. The number of rotatable bonds is 3. The fourth-order valence-corrected chi connectivity index (χ4v) is 3.83. The Morgan fingerprint density at radius 3 is 2.24 bits per heavy atom. The van der Waals surface area contributed by atoms with E-state index in [2.05, 4.69) is 0 Å². The van der Waals surface area contributed by atoms with Crippen LogP contribution in [0.15, 0.2) is 24.3 Å². The maximum absolute atomic E-state index is 12.9. The predicted octanol–water partition coefficient (Wildman–Crippen LogP) is 3.52. The Hall–Kier alpha value is -2.17. The van der Waals surface area contributed by atoms with Gasteiger partial charge in [-0.25, -0.2) is 0 Å². The third-order valence-corrected chi connectivity index (χ3v) is 5.35. The summed E-state index contributed by atoms with van der Waals surface area (Å²) in [5.74, 6) is -0.419. The summed E-state index contributed by atoms with van der Waals surface area (Å²) in [6, 6.07) is 7.16. The lowest BCUT2D eigenvalue weighted by molar-refractivity contribution is -0.121. The number of anilines is 1. The first-order chi connectivity index (χ1) is 12.1. The van der Waals surface area contributed by atoms with Crippen LogP contribution in [0.1, 0.15) is 68.1 Å². The molecular formula is C20H26N2O3. The predicted molar refractivity (Wildman–Crippen MR) is 96.4 cm³/mol. The minimum atomic E-state index is -0.192. The van der Waals surface area contributed by atoms with E-state index in [1.807, 2.05) is 11.9 Å². The van der Waals surface area contributed by atoms with Gasteiger partial charge in [-0.2, -0.15) is 0 Å². The van der Waals surface area contributed by atoms with Gasteiger partial charge in [-0.05, 0) is 31.0 Å². The van der Waals surface area contributed by atoms with Gasteiger partial charge in [-0.1, -0.05) is 38.2 Å². The third-order valence-electron chi connectivity index (χ3n) is 5.35. The lowest BCUT2D eigenvalue weighted by atomic mass is 9.95. The van der Waals surface area contributed by atoms with Crippen LogP contribution in [0, 0.1) is 0 Å². The molecule has 1 saturated heterocycles. The Kier molecular flexibility index (Phi) is 5.51. The number of nitrogens with zero attached hydrogens (tertiary/aromatic N) is 2. The van der Waals surface area contributed by atoms with Gasteiger partial charge >= 0.3 is 0 Å². The maximum Gasteiger partial charge on any atom is 0.253 e. The Balaban J connectivity index is 1.76. The van der Waals surface area contributed by atoms with Crippen LogP contribution in [-0.2, 0) is 9.59 Å². The molecule has 2 fully saturated rings. The van der Waals surface area contributed by atoms with Crippen molar-refractivity contribution in [3.05, 3.63) is 29.8 Å². The Morgan fingerprint density at radius 1 is 1.00 bits per heavy atom. The second-order valence-electron chi connectivity index (χ2n) is 7.09. The second-order valence-corrected chi connectivity index (χ2v) is 7.09. The molecule has 0 N–H and O–H groups in total. The van der Waals surface area contributed by atoms with Crippen LogP contribution in [-0.4, -0.2) is 35.7 Å². The molecule has 134 valence electrons. The number of hydrogen-bond donors (Lipinski definition) is 0. The highest BCUT2D eigenvalue weighted by atomic mass is 16.2. The van der Waals surface area contributed by atoms with Crippen molar-refractivity contribution >= 4 is 23.4 Å². The summed E-state index contributed by atoms with van der Waals surface area (Å²) in [6.07, 6.45) is 8.71. The average Bonchev–Trinajstić information content (AvgIpc) is 2.92. The zero-order valence-corrected chi connectivity index (χ0v) is 14.9. The van der Waals surface area contributed by atoms with Gasteiger partial charge in [-0.15, -0.1) is 0 Å². The highest BCUT2D eigenvalue weighted by Crippen LogP contribution is 2.25. The van der Waals surface area contributed by atoms with E-state index < -0.39 is 0 Å². The molecule has 3 amide bonds. The molecule has 0 aromatic heterocycles. The zero-order valence-electron chi connectivity index (χ0n) is 14.9. The summed E-state index contributed by atoms with van der Waals surface area (Å²) < 4.78 is 0. The van der Waals surface area contributed by atoms with Crippen LogP contribution in [0.5, 0.6) is 0 Å². The number of benzene rings is 1. The van der Waals surface area contributed by atoms with E-state index in [-0.39, 0.29) is 36.6 Å². The van der Waals surface area contributed by atoms with Crippen LogP contribution >= 0.6 is 0 Å². The van der Waals surface area contributed by atoms with Crippen molar-refractivity contribution in [2.24, 2.45) is 0 Å². The molecule has 0 atom stereocenters. The fraction of sp³-hybridized carbons (Fsp3) is 0.550. The minimum Gasteiger partial charge on any atom is -0.339 e. The van der Waals surface area contributed by atoms with Crippen LogP contribution in [0.4, 0.5) is 5.69 Å². The molecular weight excluding hydrogens is 316 g/mol. The van der Waals surface area contributed by atoms with Crippen LogP contribution < -0.4 is 4.90 Å². The average molecular weight is 342 g/mol. The summed E-state index contributed by atoms with van der Waals surface area (Å²) in [7, 11) is 1.87. The van der Waals surface area contributed by atoms with Crippen molar-refractivity contribution in [1.29, 1.82) is 0 Å². The topological polar surface area (TPSA) is 57.7 Å². The van der Waals surface area contributed by atoms with Gasteiger partial charge in [0.15, 0.2) is 0 Å². The molecule has 1 heterocycles. The highest BCUT2D eigenvalue weighted by Gasteiger charge is 2.31. The molecule has 0 unspecified atom stereocenters. The Bertz CT molecular complexity index is 647. The molecule has 5 nitrogen and oxygen atoms in total. The van der Waals surface area contributed by atoms with E-state index in [0.717, 1.165) is 12.8 Å². The number of imide groups is 1. The van der Waals surface area contributed by atoms with Gasteiger partial charge in [0, 0.05) is 31.5 Å². The van der Waals surface area contributed by atoms with Gasteiger partial charge in [-0.3, -0.25) is 19.3 Å². The van der Waals surface area contributed by atoms with E-state index in [0.29, 0.717) is 11.3 Å². The first-order valence-electron chi connectivity index (χ1n) is 9.31. The SMILES string of the molecule is CN(C(=O)c1cccc(N2C(=O)CCC2=O)c1)C1CCCCCCC1. The van der Waals surface area contributed by atoms with Crippen molar-refractivity contribution in [3.63, 3.8) is 0 Å². The van der Waals surface area contributed by atoms with Gasteiger partial charge < -0.3 is 4.90 Å². The number of carbonyl (C=O) groups is 3. The minimum absolute atomic E-state index is 0.0356. The van der Waals surface area contributed by atoms with Gasteiger partial charge in [0.1, 0.15) is 0 Å². The molecule has 0 spiro atoms. The number of hydrogen-bond acceptors (Lipinski definition) is 3. The van der Waals surface area contributed by atoms with Gasteiger partial charge in [0.2, 0.25) is 11.8 Å². The van der Waals surface area contributed by atoms with E-state index in [1.165, 1.54) is 37.0 Å². The molecule has 0 radical (unpaired) electrons. The third kappa shape index (κ3) is 3.91. The summed E-state index contributed by atoms with van der Waals surface area (Å²) in [4.78, 5) is 39.8. The van der Waals surface area contributed by atoms with Crippen molar-refractivity contribution in [2.75, 3.05) is 11.9 Å². The highest BCUT2D eigenvalue weighted by molar-refractivity contribution is 6.20. The number of carbonyl (C=O) groups excluding carboxylic acids is 3. The first-order valence-corrected chi connectivity index (χ1v) is 9.31. The van der Waals surface area contributed by atoms with E-state index in [4.69, 9.17) is 0 Å². The maximum atomic E-state index is 12.9. The van der Waals surface area contributed by atoms with Crippen molar-refractivity contribution in [3.8, 4) is 0 Å². The van der Waals surface area contributed by atoms with Crippen molar-refractivity contribution in [1.82, 2.24) is 4.90 Å². The monoisotopic (exact) mass is 342 g/mol. The lowest BCUT2D eigenvalue weighted by Gasteiger charge is -2.30. The molecule has 1 aliphatic carbocycles. The van der Waals surface area contributed by atoms with Crippen LogP contribution in [0.3, 0.4) is 0 Å². The standard InChI is InChI=1S/C20H26N2O3/c1-21(16-9-5-3-2-4-6-10-16)20(25)15-8-7-11-17(14-15)22-18(23)12-13-19(22)24/h7-8,11,14,16H,2-6,9-10,12-13H2,1H3. The summed E-state index contributed by atoms with van der Waals surface area (Å²) in [5, 5.41) is 0. The zero-order chi connectivity index (χ0) is 17.8. The summed E-state index contributed by atoms with van der Waals surface area (Å²) in [6.45, 7) is 0. The lowest BCUT2D eigenvalue weighted by Crippen LogP contribution is -2.37. The molecule has 5 heteroatoms. The Morgan fingerprint density at radius 2 is 1.60 bits per heavy atom. The quantitative estimate of drug-likeness (QED) is 0.790. The normalized spacial score (nSPS) is 19.6. The van der Waals surface area contributed by atoms with Crippen LogP contribution in [0.25, 0.3) is 0 Å². The molecule has 1 saturated carbocycles. The number of amides is 3. The molecule has 0 bridgehead atoms. The molecule has 1 aromatic carbocycles. The van der Waals surface area contributed by atoms with Gasteiger partial charge in [0.25, 0.3) is 5.91 Å². The molecule has 25 heavy (non-hydrogen) atoms. The van der Waals surface area contributed by atoms with E-state index >= 15 is 0 Å². The van der Waals surface area contributed by atoms with Crippen molar-refractivity contribution < 1.29 is 14.4 Å². The molecule has 3 rings (SSSR count). The molecule has 2 aliphatic rings. The molecule has 1 aliphatic heterocycles. The van der Waals surface area contributed by atoms with E-state index in [9.17, 15) is 14.4 Å².